The highest BCUT2D eigenvalue weighted by molar-refractivity contribution is 5.94. The second-order valence-electron chi connectivity index (χ2n) is 4.10. The molecule has 7 heteroatoms. The fourth-order valence-electron chi connectivity index (χ4n) is 1.86. The standard InChI is InChI=1S/C11H18N4O2.ClH/c1-17-8-7-15-6-4-10(14-15)13-11(16)9-3-2-5-12-9;/h4,6,9,12H,2-3,5,7-8H2,1H3,(H,13,14,16);1H. The predicted octanol–water partition coefficient (Wildman–Crippen LogP) is 0.642. The molecule has 1 amide bonds. The van der Waals surface area contributed by atoms with E-state index >= 15 is 0 Å². The second-order valence-corrected chi connectivity index (χ2v) is 4.10. The molecular weight excluding hydrogens is 256 g/mol. The highest BCUT2D eigenvalue weighted by Gasteiger charge is 2.22. The van der Waals surface area contributed by atoms with Gasteiger partial charge in [0.1, 0.15) is 0 Å². The minimum atomic E-state index is -0.0703. The molecule has 2 rings (SSSR count). The van der Waals surface area contributed by atoms with E-state index in [-0.39, 0.29) is 24.4 Å². The smallest absolute Gasteiger partial charge is 0.242 e. The number of amides is 1. The van der Waals surface area contributed by atoms with Crippen LogP contribution >= 0.6 is 12.4 Å². The number of anilines is 1. The van der Waals surface area contributed by atoms with Gasteiger partial charge in [-0.1, -0.05) is 0 Å². The van der Waals surface area contributed by atoms with Crippen LogP contribution in [0.2, 0.25) is 0 Å². The van der Waals surface area contributed by atoms with E-state index in [0.717, 1.165) is 19.4 Å². The first-order chi connectivity index (χ1) is 8.29. The summed E-state index contributed by atoms with van der Waals surface area (Å²) in [6, 6.07) is 1.72. The van der Waals surface area contributed by atoms with Crippen molar-refractivity contribution >= 4 is 24.1 Å². The minimum absolute atomic E-state index is 0. The Morgan fingerprint density at radius 2 is 2.56 bits per heavy atom. The maximum absolute atomic E-state index is 11.8. The number of nitrogens with one attached hydrogen (secondary N) is 2. The lowest BCUT2D eigenvalue weighted by molar-refractivity contribution is -0.117. The van der Waals surface area contributed by atoms with Gasteiger partial charge in [-0.2, -0.15) is 5.10 Å². The third-order valence-corrected chi connectivity index (χ3v) is 2.79. The number of methoxy groups -OCH3 is 1. The third-order valence-electron chi connectivity index (χ3n) is 2.79. The van der Waals surface area contributed by atoms with Gasteiger partial charge in [0.05, 0.1) is 19.2 Å². The van der Waals surface area contributed by atoms with Crippen LogP contribution in [0.25, 0.3) is 0 Å². The molecule has 1 atom stereocenters. The van der Waals surface area contributed by atoms with Crippen LogP contribution in [0.15, 0.2) is 12.3 Å². The molecule has 1 unspecified atom stereocenters. The quantitative estimate of drug-likeness (QED) is 0.827. The predicted molar refractivity (Wildman–Crippen MR) is 71.0 cm³/mol. The number of aromatic nitrogens is 2. The molecule has 1 aliphatic rings. The molecule has 18 heavy (non-hydrogen) atoms. The Labute approximate surface area is 112 Å². The molecule has 1 aliphatic heterocycles. The van der Waals surface area contributed by atoms with Crippen LogP contribution in [0, 0.1) is 0 Å². The van der Waals surface area contributed by atoms with Crippen LogP contribution in [-0.2, 0) is 16.1 Å². The van der Waals surface area contributed by atoms with E-state index in [1.165, 1.54) is 0 Å². The number of nitrogens with zero attached hydrogens (tertiary/aromatic N) is 2. The maximum Gasteiger partial charge on any atom is 0.242 e. The van der Waals surface area contributed by atoms with Gasteiger partial charge in [-0.15, -0.1) is 12.4 Å². The lowest BCUT2D eigenvalue weighted by Gasteiger charge is -2.08. The Morgan fingerprint density at radius 1 is 1.72 bits per heavy atom. The van der Waals surface area contributed by atoms with Crippen molar-refractivity contribution in [3.8, 4) is 0 Å². The van der Waals surface area contributed by atoms with Gasteiger partial charge in [-0.25, -0.2) is 0 Å². The highest BCUT2D eigenvalue weighted by atomic mass is 35.5. The molecule has 0 radical (unpaired) electrons. The van der Waals surface area contributed by atoms with Crippen molar-refractivity contribution in [3.63, 3.8) is 0 Å². The lowest BCUT2D eigenvalue weighted by atomic mass is 10.2. The zero-order valence-corrected chi connectivity index (χ0v) is 11.2. The average Bonchev–Trinajstić information content (AvgIpc) is 2.97. The lowest BCUT2D eigenvalue weighted by Crippen LogP contribution is -2.35. The van der Waals surface area contributed by atoms with Gasteiger partial charge in [0.25, 0.3) is 0 Å². The van der Waals surface area contributed by atoms with Crippen LogP contribution < -0.4 is 10.6 Å². The molecule has 0 bridgehead atoms. The van der Waals surface area contributed by atoms with Crippen molar-refractivity contribution in [3.05, 3.63) is 12.3 Å². The van der Waals surface area contributed by atoms with Crippen LogP contribution in [0.4, 0.5) is 5.82 Å². The zero-order valence-electron chi connectivity index (χ0n) is 10.4. The molecule has 0 saturated carbocycles. The van der Waals surface area contributed by atoms with Gasteiger partial charge in [0, 0.05) is 19.4 Å². The monoisotopic (exact) mass is 274 g/mol. The second kappa shape index (κ2) is 7.35. The first kappa shape index (κ1) is 14.9. The van der Waals surface area contributed by atoms with Crippen molar-refractivity contribution in [2.45, 2.75) is 25.4 Å². The summed E-state index contributed by atoms with van der Waals surface area (Å²) in [5.41, 5.74) is 0. The normalized spacial score (nSPS) is 18.4. The Balaban J connectivity index is 0.00000162. The van der Waals surface area contributed by atoms with Crippen molar-refractivity contribution in [2.75, 3.05) is 25.6 Å². The summed E-state index contributed by atoms with van der Waals surface area (Å²) in [6.07, 6.45) is 3.79. The summed E-state index contributed by atoms with van der Waals surface area (Å²) in [5.74, 6) is 0.597. The molecule has 1 saturated heterocycles. The molecule has 2 heterocycles. The van der Waals surface area contributed by atoms with E-state index in [4.69, 9.17) is 4.74 Å². The van der Waals surface area contributed by atoms with Crippen LogP contribution in [0.1, 0.15) is 12.8 Å². The van der Waals surface area contributed by atoms with E-state index in [1.807, 2.05) is 6.20 Å². The molecule has 6 nitrogen and oxygen atoms in total. The third kappa shape index (κ3) is 3.97. The fraction of sp³-hybridized carbons (Fsp3) is 0.636. The van der Waals surface area contributed by atoms with Crippen molar-refractivity contribution < 1.29 is 9.53 Å². The highest BCUT2D eigenvalue weighted by Crippen LogP contribution is 2.08. The van der Waals surface area contributed by atoms with Crippen LogP contribution in [0.5, 0.6) is 0 Å². The van der Waals surface area contributed by atoms with Crippen molar-refractivity contribution in [1.82, 2.24) is 15.1 Å². The number of hydrogen-bond acceptors (Lipinski definition) is 4. The average molecular weight is 275 g/mol. The van der Waals surface area contributed by atoms with Gasteiger partial charge in [-0.3, -0.25) is 9.48 Å². The molecule has 1 aromatic heterocycles. The molecule has 102 valence electrons. The fourth-order valence-corrected chi connectivity index (χ4v) is 1.86. The molecular formula is C11H19ClN4O2. The number of carbonyl (C=O) groups excluding carboxylic acids is 1. The van der Waals surface area contributed by atoms with Gasteiger partial charge in [0.15, 0.2) is 5.82 Å². The molecule has 1 aromatic rings. The first-order valence-electron chi connectivity index (χ1n) is 5.86. The van der Waals surface area contributed by atoms with Gasteiger partial charge < -0.3 is 15.4 Å². The minimum Gasteiger partial charge on any atom is -0.383 e. The number of rotatable bonds is 5. The Morgan fingerprint density at radius 3 is 3.22 bits per heavy atom. The maximum atomic E-state index is 11.8. The van der Waals surface area contributed by atoms with Crippen molar-refractivity contribution in [1.29, 1.82) is 0 Å². The molecule has 2 N–H and O–H groups in total. The van der Waals surface area contributed by atoms with Gasteiger partial charge >= 0.3 is 0 Å². The summed E-state index contributed by atoms with van der Waals surface area (Å²) >= 11 is 0. The largest absolute Gasteiger partial charge is 0.383 e. The number of carbonyl (C=O) groups is 1. The van der Waals surface area contributed by atoms with Gasteiger partial charge in [0.2, 0.25) is 5.91 Å². The van der Waals surface area contributed by atoms with Gasteiger partial charge in [-0.05, 0) is 19.4 Å². The summed E-state index contributed by atoms with van der Waals surface area (Å²) in [6.45, 7) is 2.22. The van der Waals surface area contributed by atoms with Crippen LogP contribution in [0.3, 0.4) is 0 Å². The zero-order chi connectivity index (χ0) is 12.1. The van der Waals surface area contributed by atoms with E-state index in [0.29, 0.717) is 19.0 Å². The molecule has 0 spiro atoms. The molecule has 0 aromatic carbocycles. The summed E-state index contributed by atoms with van der Waals surface area (Å²) < 4.78 is 6.71. The topological polar surface area (TPSA) is 68.2 Å². The Bertz CT molecular complexity index is 377. The summed E-state index contributed by atoms with van der Waals surface area (Å²) in [4.78, 5) is 11.8. The van der Waals surface area contributed by atoms with Crippen molar-refractivity contribution in [2.24, 2.45) is 0 Å². The van der Waals surface area contributed by atoms with E-state index < -0.39 is 0 Å². The Hall–Kier alpha value is -1.11. The summed E-state index contributed by atoms with van der Waals surface area (Å²) in [5, 5.41) is 10.2. The Kier molecular flexibility index (Phi) is 6.11. The number of hydrogen-bond donors (Lipinski definition) is 2. The molecule has 1 fully saturated rings. The number of halogens is 1. The SMILES string of the molecule is COCCn1ccc(NC(=O)C2CCCN2)n1.Cl. The molecule has 0 aliphatic carbocycles. The van der Waals surface area contributed by atoms with E-state index in [9.17, 15) is 4.79 Å². The van der Waals surface area contributed by atoms with E-state index in [1.54, 1.807) is 17.9 Å². The van der Waals surface area contributed by atoms with E-state index in [2.05, 4.69) is 15.7 Å². The van der Waals surface area contributed by atoms with Crippen LogP contribution in [-0.4, -0.2) is 42.0 Å². The summed E-state index contributed by atoms with van der Waals surface area (Å²) in [7, 11) is 1.65. The first-order valence-corrected chi connectivity index (χ1v) is 5.86. The number of ether oxygens (including phenoxy) is 1.